The number of carbonyl (C=O) groups excluding carboxylic acids is 2. The molecule has 0 radical (unpaired) electrons. The lowest BCUT2D eigenvalue weighted by atomic mass is 9.99. The molecule has 24 heavy (non-hydrogen) atoms. The maximum Gasteiger partial charge on any atom is 0.231 e. The van der Waals surface area contributed by atoms with Crippen LogP contribution in [-0.2, 0) is 11.2 Å². The van der Waals surface area contributed by atoms with Gasteiger partial charge < -0.3 is 9.88 Å². The maximum absolute atomic E-state index is 13.4. The summed E-state index contributed by atoms with van der Waals surface area (Å²) in [7, 11) is 0. The molecule has 4 rings (SSSR count). The Kier molecular flexibility index (Phi) is 3.41. The third-order valence-electron chi connectivity index (χ3n) is 4.43. The summed E-state index contributed by atoms with van der Waals surface area (Å²) in [6.07, 6.45) is 2.29. The molecular weight excluding hydrogens is 307 g/mol. The number of H-pyrrole nitrogens is 1. The molecule has 0 saturated carbocycles. The Morgan fingerprint density at radius 1 is 1.21 bits per heavy atom. The summed E-state index contributed by atoms with van der Waals surface area (Å²) in [4.78, 5) is 29.5. The summed E-state index contributed by atoms with van der Waals surface area (Å²) >= 11 is 0. The van der Waals surface area contributed by atoms with Gasteiger partial charge in [0.2, 0.25) is 5.91 Å². The molecule has 5 heteroatoms. The van der Waals surface area contributed by atoms with Crippen molar-refractivity contribution in [3.05, 3.63) is 65.6 Å². The highest BCUT2D eigenvalue weighted by Gasteiger charge is 2.28. The van der Waals surface area contributed by atoms with E-state index in [1.54, 1.807) is 4.90 Å². The monoisotopic (exact) mass is 322 g/mol. The lowest BCUT2D eigenvalue weighted by Crippen LogP contribution is -2.38. The van der Waals surface area contributed by atoms with E-state index in [2.05, 4.69) is 4.98 Å². The van der Waals surface area contributed by atoms with Crippen LogP contribution < -0.4 is 4.90 Å². The number of nitrogens with zero attached hydrogens (tertiary/aromatic N) is 1. The summed E-state index contributed by atoms with van der Waals surface area (Å²) in [6.45, 7) is 0.332. The van der Waals surface area contributed by atoms with Gasteiger partial charge in [-0.1, -0.05) is 18.2 Å². The van der Waals surface area contributed by atoms with E-state index >= 15 is 0 Å². The van der Waals surface area contributed by atoms with E-state index < -0.39 is 5.82 Å². The fourth-order valence-electron chi connectivity index (χ4n) is 3.23. The van der Waals surface area contributed by atoms with Gasteiger partial charge in [0.15, 0.2) is 5.78 Å². The first-order valence-electron chi connectivity index (χ1n) is 7.81. The summed E-state index contributed by atoms with van der Waals surface area (Å²) in [6, 6.07) is 11.8. The highest BCUT2D eigenvalue weighted by Crippen LogP contribution is 2.29. The number of benzene rings is 2. The number of halogens is 1. The molecule has 0 bridgehead atoms. The standard InChI is InChI=1S/C19H15FN2O2/c20-13-5-6-17-15(10-13)18(23)7-8-22(17)19(24)9-12-11-21-16-4-2-1-3-14(12)16/h1-6,10-11,21H,7-9H2. The van der Waals surface area contributed by atoms with Gasteiger partial charge in [0, 0.05) is 35.6 Å². The smallest absolute Gasteiger partial charge is 0.231 e. The summed E-state index contributed by atoms with van der Waals surface area (Å²) in [5.41, 5.74) is 2.68. The Morgan fingerprint density at radius 2 is 2.04 bits per heavy atom. The number of rotatable bonds is 2. The topological polar surface area (TPSA) is 53.2 Å². The Labute approximate surface area is 137 Å². The van der Waals surface area contributed by atoms with Crippen molar-refractivity contribution < 1.29 is 14.0 Å². The van der Waals surface area contributed by atoms with Crippen molar-refractivity contribution in [2.45, 2.75) is 12.8 Å². The van der Waals surface area contributed by atoms with Gasteiger partial charge in [-0.25, -0.2) is 4.39 Å². The van der Waals surface area contributed by atoms with Crippen LogP contribution in [0.5, 0.6) is 0 Å². The summed E-state index contributed by atoms with van der Waals surface area (Å²) < 4.78 is 13.4. The second-order valence-electron chi connectivity index (χ2n) is 5.92. The fourth-order valence-corrected chi connectivity index (χ4v) is 3.23. The quantitative estimate of drug-likeness (QED) is 0.785. The molecule has 1 aliphatic heterocycles. The van der Waals surface area contributed by atoms with E-state index in [-0.39, 0.29) is 30.1 Å². The molecule has 0 aliphatic carbocycles. The molecule has 1 aromatic heterocycles. The summed E-state index contributed by atoms with van der Waals surface area (Å²) in [5, 5.41) is 1.01. The zero-order valence-electron chi connectivity index (χ0n) is 12.9. The van der Waals surface area contributed by atoms with Crippen molar-refractivity contribution in [3.8, 4) is 0 Å². The number of anilines is 1. The molecule has 0 fully saturated rings. The molecule has 0 saturated heterocycles. The van der Waals surface area contributed by atoms with Gasteiger partial charge in [-0.3, -0.25) is 9.59 Å². The number of ketones is 1. The largest absolute Gasteiger partial charge is 0.361 e. The van der Waals surface area contributed by atoms with Crippen molar-refractivity contribution in [1.29, 1.82) is 0 Å². The number of aromatic amines is 1. The average molecular weight is 322 g/mol. The minimum Gasteiger partial charge on any atom is -0.361 e. The molecule has 4 nitrogen and oxygen atoms in total. The SMILES string of the molecule is O=C1CCN(C(=O)Cc2c[nH]c3ccccc23)c2ccc(F)cc21. The van der Waals surface area contributed by atoms with E-state index in [4.69, 9.17) is 0 Å². The molecular formula is C19H15FN2O2. The van der Waals surface area contributed by atoms with Crippen LogP contribution in [0.1, 0.15) is 22.3 Å². The number of nitrogens with one attached hydrogen (secondary N) is 1. The maximum atomic E-state index is 13.4. The first-order valence-corrected chi connectivity index (χ1v) is 7.81. The highest BCUT2D eigenvalue weighted by atomic mass is 19.1. The second kappa shape index (κ2) is 5.60. The number of aromatic nitrogens is 1. The minimum atomic E-state index is -0.465. The van der Waals surface area contributed by atoms with E-state index in [9.17, 15) is 14.0 Å². The van der Waals surface area contributed by atoms with Gasteiger partial charge in [-0.15, -0.1) is 0 Å². The third kappa shape index (κ3) is 2.38. The Hall–Kier alpha value is -2.95. The van der Waals surface area contributed by atoms with Crippen molar-refractivity contribution in [2.24, 2.45) is 0 Å². The van der Waals surface area contributed by atoms with Crippen LogP contribution in [0.2, 0.25) is 0 Å². The molecule has 120 valence electrons. The fraction of sp³-hybridized carbons (Fsp3) is 0.158. The number of amides is 1. The van der Waals surface area contributed by atoms with E-state index in [1.165, 1.54) is 18.2 Å². The number of hydrogen-bond acceptors (Lipinski definition) is 2. The molecule has 0 unspecified atom stereocenters. The van der Waals surface area contributed by atoms with Crippen molar-refractivity contribution >= 4 is 28.3 Å². The number of carbonyl (C=O) groups is 2. The predicted octanol–water partition coefficient (Wildman–Crippen LogP) is 3.47. The number of hydrogen-bond donors (Lipinski definition) is 1. The average Bonchev–Trinajstić information content (AvgIpc) is 2.99. The molecule has 0 spiro atoms. The van der Waals surface area contributed by atoms with Crippen LogP contribution in [0.4, 0.5) is 10.1 Å². The van der Waals surface area contributed by atoms with Crippen LogP contribution in [0.25, 0.3) is 10.9 Å². The zero-order chi connectivity index (χ0) is 16.7. The second-order valence-corrected chi connectivity index (χ2v) is 5.92. The summed E-state index contributed by atoms with van der Waals surface area (Å²) in [5.74, 6) is -0.686. The Bertz CT molecular complexity index is 961. The van der Waals surface area contributed by atoms with Crippen molar-refractivity contribution in [2.75, 3.05) is 11.4 Å². The predicted molar refractivity (Wildman–Crippen MR) is 89.7 cm³/mol. The molecule has 2 aromatic carbocycles. The number of Topliss-reactive ketones (excluding diaryl/α,β-unsaturated/α-hetero) is 1. The van der Waals surface area contributed by atoms with Gasteiger partial charge in [-0.2, -0.15) is 0 Å². The first-order chi connectivity index (χ1) is 11.6. The van der Waals surface area contributed by atoms with Gasteiger partial charge >= 0.3 is 0 Å². The number of fused-ring (bicyclic) bond motifs is 2. The molecule has 0 atom stereocenters. The van der Waals surface area contributed by atoms with Gasteiger partial charge in [0.1, 0.15) is 5.82 Å². The molecule has 3 aromatic rings. The van der Waals surface area contributed by atoms with Crippen LogP contribution in [0.3, 0.4) is 0 Å². The van der Waals surface area contributed by atoms with Crippen LogP contribution >= 0.6 is 0 Å². The van der Waals surface area contributed by atoms with Crippen molar-refractivity contribution in [3.63, 3.8) is 0 Å². The first kappa shape index (κ1) is 14.6. The van der Waals surface area contributed by atoms with Crippen LogP contribution in [-0.4, -0.2) is 23.2 Å². The Balaban J connectivity index is 1.66. The minimum absolute atomic E-state index is 0.0971. The van der Waals surface area contributed by atoms with E-state index in [1.807, 2.05) is 30.5 Å². The van der Waals surface area contributed by atoms with Crippen LogP contribution in [0, 0.1) is 5.82 Å². The third-order valence-corrected chi connectivity index (χ3v) is 4.43. The van der Waals surface area contributed by atoms with E-state index in [0.717, 1.165) is 16.5 Å². The van der Waals surface area contributed by atoms with Gasteiger partial charge in [0.05, 0.1) is 12.1 Å². The Morgan fingerprint density at radius 3 is 2.92 bits per heavy atom. The van der Waals surface area contributed by atoms with Gasteiger partial charge in [0.25, 0.3) is 0 Å². The number of para-hydroxylation sites is 1. The van der Waals surface area contributed by atoms with E-state index in [0.29, 0.717) is 12.2 Å². The van der Waals surface area contributed by atoms with Crippen LogP contribution in [0.15, 0.2) is 48.7 Å². The molecule has 1 N–H and O–H groups in total. The highest BCUT2D eigenvalue weighted by molar-refractivity contribution is 6.09. The molecule has 1 aliphatic rings. The normalized spacial score (nSPS) is 14.0. The van der Waals surface area contributed by atoms with Crippen molar-refractivity contribution in [1.82, 2.24) is 4.98 Å². The molecule has 2 heterocycles. The zero-order valence-corrected chi connectivity index (χ0v) is 12.9. The lowest BCUT2D eigenvalue weighted by molar-refractivity contribution is -0.118. The lowest BCUT2D eigenvalue weighted by Gasteiger charge is -2.28. The van der Waals surface area contributed by atoms with Gasteiger partial charge in [-0.05, 0) is 29.8 Å². The molecule has 1 amide bonds.